The van der Waals surface area contributed by atoms with E-state index >= 15 is 0 Å². The Morgan fingerprint density at radius 3 is 2.70 bits per heavy atom. The zero-order chi connectivity index (χ0) is 21.6. The zero-order valence-corrected chi connectivity index (χ0v) is 18.1. The van der Waals surface area contributed by atoms with Crippen LogP contribution in [0.2, 0.25) is 5.15 Å². The fourth-order valence-corrected chi connectivity index (χ4v) is 3.87. The van der Waals surface area contributed by atoms with Crippen molar-refractivity contribution in [2.24, 2.45) is 7.05 Å². The number of aryl methyl sites for hydroxylation is 1. The molecule has 2 heterocycles. The Labute approximate surface area is 179 Å². The number of halogens is 1. The van der Waals surface area contributed by atoms with Gasteiger partial charge in [-0.2, -0.15) is 0 Å². The molecule has 0 aliphatic heterocycles. The molecular weight excluding hydrogens is 404 g/mol. The summed E-state index contributed by atoms with van der Waals surface area (Å²) >= 11 is 5.96. The summed E-state index contributed by atoms with van der Waals surface area (Å²) in [5.41, 5.74) is 3.10. The number of anilines is 1. The van der Waals surface area contributed by atoms with Crippen molar-refractivity contribution in [1.82, 2.24) is 14.5 Å². The first-order chi connectivity index (χ1) is 14.3. The van der Waals surface area contributed by atoms with Crippen molar-refractivity contribution < 1.29 is 9.53 Å². The van der Waals surface area contributed by atoms with E-state index in [1.165, 1.54) is 7.11 Å². The third-order valence-corrected chi connectivity index (χ3v) is 5.62. The van der Waals surface area contributed by atoms with Crippen LogP contribution in [0, 0.1) is 6.92 Å². The lowest BCUT2D eigenvalue weighted by atomic mass is 10.0. The molecule has 4 rings (SSSR count). The third-order valence-electron chi connectivity index (χ3n) is 5.41. The molecule has 1 fully saturated rings. The molecule has 0 radical (unpaired) electrons. The first kappa shape index (κ1) is 20.3. The van der Waals surface area contributed by atoms with Gasteiger partial charge in [-0.15, -0.1) is 0 Å². The van der Waals surface area contributed by atoms with Gasteiger partial charge in [0.05, 0.1) is 29.7 Å². The van der Waals surface area contributed by atoms with Gasteiger partial charge in [0.25, 0.3) is 5.56 Å². The number of aromatic nitrogens is 3. The molecule has 1 N–H and O–H groups in total. The van der Waals surface area contributed by atoms with E-state index in [-0.39, 0.29) is 22.4 Å². The number of hydrogen-bond donors (Lipinski definition) is 1. The van der Waals surface area contributed by atoms with Gasteiger partial charge in [0.2, 0.25) is 0 Å². The van der Waals surface area contributed by atoms with Crippen LogP contribution in [0.15, 0.2) is 29.1 Å². The number of methoxy groups -OCH3 is 1. The molecule has 0 unspecified atom stereocenters. The number of carbonyl (C=O) groups excluding carboxylic acids is 1. The molecule has 0 amide bonds. The average Bonchev–Trinajstić information content (AvgIpc) is 3.56. The highest BCUT2D eigenvalue weighted by Gasteiger charge is 2.29. The fourth-order valence-electron chi connectivity index (χ4n) is 3.72. The number of hydrogen-bond acceptors (Lipinski definition) is 6. The topological polar surface area (TPSA) is 86.1 Å². The summed E-state index contributed by atoms with van der Waals surface area (Å²) in [6, 6.07) is 6.95. The number of ether oxygens (including phenoxy) is 1. The lowest BCUT2D eigenvalue weighted by molar-refractivity contribution is 0.0595. The number of carbonyl (C=O) groups is 1. The molecule has 2 aromatic heterocycles. The SMILES string of the molecule is COC(=O)c1nc(Cl)ccc1N[C@H](C)c1cc(C)cc2c(=O)n(C)c(C3CC3)nc12. The van der Waals surface area contributed by atoms with Crippen LogP contribution < -0.4 is 10.9 Å². The van der Waals surface area contributed by atoms with E-state index in [0.717, 1.165) is 29.8 Å². The van der Waals surface area contributed by atoms with Crippen molar-refractivity contribution in [1.29, 1.82) is 0 Å². The van der Waals surface area contributed by atoms with Crippen molar-refractivity contribution in [2.75, 3.05) is 12.4 Å². The smallest absolute Gasteiger partial charge is 0.358 e. The van der Waals surface area contributed by atoms with Gasteiger partial charge in [-0.25, -0.2) is 14.8 Å². The largest absolute Gasteiger partial charge is 0.464 e. The van der Waals surface area contributed by atoms with Crippen molar-refractivity contribution in [3.63, 3.8) is 0 Å². The number of benzene rings is 1. The molecule has 156 valence electrons. The molecular formula is C22H23ClN4O3. The molecule has 0 bridgehead atoms. The van der Waals surface area contributed by atoms with E-state index in [9.17, 15) is 9.59 Å². The Morgan fingerprint density at radius 1 is 1.30 bits per heavy atom. The maximum atomic E-state index is 13.0. The van der Waals surface area contributed by atoms with E-state index in [1.807, 2.05) is 26.0 Å². The van der Waals surface area contributed by atoms with Crippen molar-refractivity contribution in [3.8, 4) is 0 Å². The second-order valence-electron chi connectivity index (χ2n) is 7.75. The molecule has 1 saturated carbocycles. The summed E-state index contributed by atoms with van der Waals surface area (Å²) in [5.74, 6) is 0.591. The highest BCUT2D eigenvalue weighted by atomic mass is 35.5. The molecule has 7 nitrogen and oxygen atoms in total. The maximum absolute atomic E-state index is 13.0. The quantitative estimate of drug-likeness (QED) is 0.487. The van der Waals surface area contributed by atoms with Gasteiger partial charge in [-0.05, 0) is 50.5 Å². The number of pyridine rings is 1. The second-order valence-corrected chi connectivity index (χ2v) is 8.13. The summed E-state index contributed by atoms with van der Waals surface area (Å²) in [5, 5.41) is 4.11. The Bertz CT molecular complexity index is 1220. The van der Waals surface area contributed by atoms with E-state index < -0.39 is 5.97 Å². The van der Waals surface area contributed by atoms with Crippen LogP contribution in [0.3, 0.4) is 0 Å². The first-order valence-corrected chi connectivity index (χ1v) is 10.2. The minimum atomic E-state index is -0.579. The highest BCUT2D eigenvalue weighted by molar-refractivity contribution is 6.29. The number of nitrogens with zero attached hydrogens (tertiary/aromatic N) is 3. The Hall–Kier alpha value is -2.93. The molecule has 1 aliphatic carbocycles. The van der Waals surface area contributed by atoms with Gasteiger partial charge in [-0.3, -0.25) is 9.36 Å². The first-order valence-electron chi connectivity index (χ1n) is 9.82. The molecule has 1 aliphatic rings. The highest BCUT2D eigenvalue weighted by Crippen LogP contribution is 2.39. The van der Waals surface area contributed by atoms with Crippen molar-refractivity contribution >= 4 is 34.2 Å². The van der Waals surface area contributed by atoms with Crippen LogP contribution in [0.1, 0.15) is 59.2 Å². The summed E-state index contributed by atoms with van der Waals surface area (Å²) in [6.45, 7) is 3.91. The summed E-state index contributed by atoms with van der Waals surface area (Å²) < 4.78 is 6.50. The van der Waals surface area contributed by atoms with Crippen molar-refractivity contribution in [3.05, 3.63) is 62.4 Å². The Morgan fingerprint density at radius 2 is 2.03 bits per heavy atom. The normalized spacial score (nSPS) is 14.6. The lowest BCUT2D eigenvalue weighted by Crippen LogP contribution is -2.23. The summed E-state index contributed by atoms with van der Waals surface area (Å²) in [6.07, 6.45) is 2.11. The van der Waals surface area contributed by atoms with Gasteiger partial charge in [0.15, 0.2) is 5.69 Å². The minimum Gasteiger partial charge on any atom is -0.464 e. The maximum Gasteiger partial charge on any atom is 0.358 e. The molecule has 0 spiro atoms. The number of rotatable bonds is 5. The predicted molar refractivity (Wildman–Crippen MR) is 116 cm³/mol. The van der Waals surface area contributed by atoms with Crippen molar-refractivity contribution in [2.45, 2.75) is 38.6 Å². The number of nitrogens with one attached hydrogen (secondary N) is 1. The molecule has 8 heteroatoms. The van der Waals surface area contributed by atoms with E-state index in [1.54, 1.807) is 23.7 Å². The van der Waals surface area contributed by atoms with E-state index in [0.29, 0.717) is 22.5 Å². The van der Waals surface area contributed by atoms with Gasteiger partial charge in [0.1, 0.15) is 11.0 Å². The predicted octanol–water partition coefficient (Wildman–Crippen LogP) is 4.13. The third kappa shape index (κ3) is 3.65. The molecule has 0 saturated heterocycles. The van der Waals surface area contributed by atoms with Crippen LogP contribution >= 0.6 is 11.6 Å². The van der Waals surface area contributed by atoms with Crippen LogP contribution in [0.25, 0.3) is 10.9 Å². The minimum absolute atomic E-state index is 0.0394. The number of esters is 1. The Kier molecular flexibility index (Phi) is 5.24. The van der Waals surface area contributed by atoms with E-state index in [2.05, 4.69) is 10.3 Å². The van der Waals surface area contributed by atoms with Gasteiger partial charge >= 0.3 is 5.97 Å². The monoisotopic (exact) mass is 426 g/mol. The molecule has 30 heavy (non-hydrogen) atoms. The van der Waals surface area contributed by atoms with Crippen LogP contribution in [-0.2, 0) is 11.8 Å². The Balaban J connectivity index is 1.82. The summed E-state index contributed by atoms with van der Waals surface area (Å²) in [7, 11) is 3.08. The molecule has 1 atom stereocenters. The molecule has 1 aromatic carbocycles. The van der Waals surface area contributed by atoms with Crippen LogP contribution in [0.5, 0.6) is 0 Å². The second kappa shape index (κ2) is 7.72. The lowest BCUT2D eigenvalue weighted by Gasteiger charge is -2.20. The van der Waals surface area contributed by atoms with Gasteiger partial charge < -0.3 is 10.1 Å². The number of fused-ring (bicyclic) bond motifs is 1. The van der Waals surface area contributed by atoms with Crippen LogP contribution in [0.4, 0.5) is 5.69 Å². The summed E-state index contributed by atoms with van der Waals surface area (Å²) in [4.78, 5) is 34.1. The van der Waals surface area contributed by atoms with Gasteiger partial charge in [-0.1, -0.05) is 17.7 Å². The fraction of sp³-hybridized carbons (Fsp3) is 0.364. The average molecular weight is 427 g/mol. The standard InChI is InChI=1S/C22H23ClN4O3/c1-11-9-14(12(2)24-16-7-8-17(23)25-19(16)22(29)30-4)18-15(10-11)21(28)27(3)20(26-18)13-5-6-13/h7-10,12-13,24H,5-6H2,1-4H3/t12-/m1/s1. The zero-order valence-electron chi connectivity index (χ0n) is 17.3. The van der Waals surface area contributed by atoms with Crippen LogP contribution in [-0.4, -0.2) is 27.6 Å². The van der Waals surface area contributed by atoms with Gasteiger partial charge in [0, 0.05) is 18.5 Å². The van der Waals surface area contributed by atoms with E-state index in [4.69, 9.17) is 21.3 Å². The molecule has 3 aromatic rings.